The predicted molar refractivity (Wildman–Crippen MR) is 50.5 cm³/mol. The smallest absolute Gasteiger partial charge is 0.387 e. The van der Waals surface area contributed by atoms with Crippen molar-refractivity contribution in [2.75, 3.05) is 6.54 Å². The molecule has 15 heavy (non-hydrogen) atoms. The molecule has 0 heterocycles. The van der Waals surface area contributed by atoms with Crippen LogP contribution >= 0.6 is 11.6 Å². The summed E-state index contributed by atoms with van der Waals surface area (Å²) in [5.41, 5.74) is 3.79. The second kappa shape index (κ2) is 4.38. The van der Waals surface area contributed by atoms with Gasteiger partial charge in [0.1, 0.15) is 0 Å². The Morgan fingerprint density at radius 2 is 2.00 bits per heavy atom. The van der Waals surface area contributed by atoms with E-state index >= 15 is 0 Å². The van der Waals surface area contributed by atoms with Crippen molar-refractivity contribution in [1.29, 1.82) is 0 Å². The van der Waals surface area contributed by atoms with Crippen molar-refractivity contribution >= 4 is 11.6 Å². The highest BCUT2D eigenvalue weighted by molar-refractivity contribution is 6.31. The number of hydrogen-bond donors (Lipinski definition) is 2. The van der Waals surface area contributed by atoms with Gasteiger partial charge < -0.3 is 10.8 Å². The monoisotopic (exact) mass is 239 g/mol. The first-order chi connectivity index (χ1) is 6.88. The molecule has 0 bridgehead atoms. The van der Waals surface area contributed by atoms with Crippen molar-refractivity contribution in [3.05, 3.63) is 34.3 Å². The van der Waals surface area contributed by atoms with Crippen molar-refractivity contribution in [1.82, 2.24) is 0 Å². The highest BCUT2D eigenvalue weighted by Crippen LogP contribution is 2.37. The summed E-state index contributed by atoms with van der Waals surface area (Å²) in [5.74, 6) is 0. The van der Waals surface area contributed by atoms with Gasteiger partial charge in [-0.05, 0) is 12.1 Å². The molecule has 1 aromatic carbocycles. The maximum absolute atomic E-state index is 12.5. The largest absolute Gasteiger partial charge is 0.416 e. The van der Waals surface area contributed by atoms with E-state index in [-0.39, 0.29) is 17.1 Å². The Kier molecular flexibility index (Phi) is 3.59. The lowest BCUT2D eigenvalue weighted by atomic mass is 10.0. The molecular formula is C9H9ClF3NO. The quantitative estimate of drug-likeness (QED) is 0.832. The van der Waals surface area contributed by atoms with Crippen LogP contribution in [0.4, 0.5) is 13.2 Å². The zero-order valence-corrected chi connectivity index (χ0v) is 8.31. The molecule has 0 aliphatic carbocycles. The van der Waals surface area contributed by atoms with Crippen LogP contribution in [0.3, 0.4) is 0 Å². The fourth-order valence-corrected chi connectivity index (χ4v) is 1.54. The third kappa shape index (κ3) is 2.62. The first-order valence-electron chi connectivity index (χ1n) is 4.11. The molecule has 6 heteroatoms. The first-order valence-corrected chi connectivity index (χ1v) is 4.49. The molecule has 0 saturated heterocycles. The number of alkyl halides is 3. The molecule has 3 N–H and O–H groups in total. The van der Waals surface area contributed by atoms with Gasteiger partial charge in [0.2, 0.25) is 0 Å². The molecule has 2 nitrogen and oxygen atoms in total. The van der Waals surface area contributed by atoms with Crippen LogP contribution in [-0.4, -0.2) is 11.7 Å². The number of hydrogen-bond acceptors (Lipinski definition) is 2. The summed E-state index contributed by atoms with van der Waals surface area (Å²) < 4.78 is 37.5. The summed E-state index contributed by atoms with van der Waals surface area (Å²) in [4.78, 5) is 0. The lowest BCUT2D eigenvalue weighted by Crippen LogP contribution is -2.18. The molecule has 1 rings (SSSR count). The Balaban J connectivity index is 3.33. The van der Waals surface area contributed by atoms with E-state index in [1.54, 1.807) is 0 Å². The van der Waals surface area contributed by atoms with Crippen LogP contribution in [0.15, 0.2) is 18.2 Å². The number of rotatable bonds is 2. The SMILES string of the molecule is NC[C@H](O)c1c(Cl)cccc1C(F)(F)F. The Bertz CT molecular complexity index is 354. The van der Waals surface area contributed by atoms with E-state index in [0.29, 0.717) is 0 Å². The highest BCUT2D eigenvalue weighted by atomic mass is 35.5. The van der Waals surface area contributed by atoms with Gasteiger partial charge >= 0.3 is 6.18 Å². The Morgan fingerprint density at radius 3 is 2.47 bits per heavy atom. The molecule has 0 aliphatic rings. The van der Waals surface area contributed by atoms with Gasteiger partial charge in [0.25, 0.3) is 0 Å². The maximum Gasteiger partial charge on any atom is 0.416 e. The fraction of sp³-hybridized carbons (Fsp3) is 0.333. The summed E-state index contributed by atoms with van der Waals surface area (Å²) in [6.45, 7) is -0.313. The number of aliphatic hydroxyl groups is 1. The molecular weight excluding hydrogens is 231 g/mol. The average Bonchev–Trinajstić information content (AvgIpc) is 2.15. The second-order valence-corrected chi connectivity index (χ2v) is 3.36. The average molecular weight is 240 g/mol. The molecule has 0 aliphatic heterocycles. The molecule has 0 aromatic heterocycles. The Morgan fingerprint density at radius 1 is 1.40 bits per heavy atom. The van der Waals surface area contributed by atoms with Crippen LogP contribution in [0.5, 0.6) is 0 Å². The first kappa shape index (κ1) is 12.3. The zero-order chi connectivity index (χ0) is 11.6. The summed E-state index contributed by atoms with van der Waals surface area (Å²) >= 11 is 5.59. The number of benzene rings is 1. The standard InChI is InChI=1S/C9H9ClF3NO/c10-6-3-1-2-5(9(11,12)13)8(6)7(15)4-14/h1-3,7,15H,4,14H2/t7-/m0/s1. The van der Waals surface area contributed by atoms with Crippen molar-refractivity contribution < 1.29 is 18.3 Å². The minimum absolute atomic E-state index is 0.136. The Hall–Kier alpha value is -0.780. The van der Waals surface area contributed by atoms with Crippen molar-refractivity contribution in [2.45, 2.75) is 12.3 Å². The number of aliphatic hydroxyl groups excluding tert-OH is 1. The maximum atomic E-state index is 12.5. The lowest BCUT2D eigenvalue weighted by Gasteiger charge is -2.17. The lowest BCUT2D eigenvalue weighted by molar-refractivity contribution is -0.139. The molecule has 0 radical (unpaired) electrons. The third-order valence-electron chi connectivity index (χ3n) is 1.91. The van der Waals surface area contributed by atoms with Crippen molar-refractivity contribution in [3.63, 3.8) is 0 Å². The zero-order valence-electron chi connectivity index (χ0n) is 7.55. The minimum Gasteiger partial charge on any atom is -0.387 e. The molecule has 1 atom stereocenters. The molecule has 1 aromatic rings. The van der Waals surface area contributed by atoms with Gasteiger partial charge in [0, 0.05) is 17.1 Å². The van der Waals surface area contributed by atoms with Gasteiger partial charge in [-0.3, -0.25) is 0 Å². The fourth-order valence-electron chi connectivity index (χ4n) is 1.24. The van der Waals surface area contributed by atoms with Crippen LogP contribution in [0.2, 0.25) is 5.02 Å². The summed E-state index contributed by atoms with van der Waals surface area (Å²) in [6, 6.07) is 3.32. The second-order valence-electron chi connectivity index (χ2n) is 2.95. The van der Waals surface area contributed by atoms with E-state index < -0.39 is 17.8 Å². The normalized spacial score (nSPS) is 14.0. The van der Waals surface area contributed by atoms with Crippen LogP contribution < -0.4 is 5.73 Å². The van der Waals surface area contributed by atoms with Crippen LogP contribution in [0.1, 0.15) is 17.2 Å². The van der Waals surface area contributed by atoms with E-state index in [4.69, 9.17) is 17.3 Å². The molecule has 84 valence electrons. The van der Waals surface area contributed by atoms with Gasteiger partial charge in [-0.15, -0.1) is 0 Å². The van der Waals surface area contributed by atoms with Gasteiger partial charge in [-0.25, -0.2) is 0 Å². The highest BCUT2D eigenvalue weighted by Gasteiger charge is 2.35. The molecule has 0 spiro atoms. The van der Waals surface area contributed by atoms with Crippen molar-refractivity contribution in [2.24, 2.45) is 5.73 Å². The predicted octanol–water partition coefficient (Wildman–Crippen LogP) is 2.35. The molecule has 0 saturated carbocycles. The van der Waals surface area contributed by atoms with E-state index in [0.717, 1.165) is 6.07 Å². The summed E-state index contributed by atoms with van der Waals surface area (Å²) in [6.07, 6.45) is -5.95. The van der Waals surface area contributed by atoms with E-state index in [2.05, 4.69) is 0 Å². The molecule has 0 unspecified atom stereocenters. The Labute approximate surface area is 89.5 Å². The van der Waals surface area contributed by atoms with Crippen LogP contribution in [0.25, 0.3) is 0 Å². The number of nitrogens with two attached hydrogens (primary N) is 1. The third-order valence-corrected chi connectivity index (χ3v) is 2.24. The van der Waals surface area contributed by atoms with Crippen molar-refractivity contribution in [3.8, 4) is 0 Å². The number of halogens is 4. The molecule has 0 amide bonds. The van der Waals surface area contributed by atoms with Gasteiger partial charge in [-0.1, -0.05) is 17.7 Å². The van der Waals surface area contributed by atoms with Crippen LogP contribution in [-0.2, 0) is 6.18 Å². The van der Waals surface area contributed by atoms with E-state index in [9.17, 15) is 18.3 Å². The van der Waals surface area contributed by atoms with Gasteiger partial charge in [0.05, 0.1) is 11.7 Å². The van der Waals surface area contributed by atoms with Gasteiger partial charge in [0.15, 0.2) is 0 Å². The minimum atomic E-state index is -4.55. The summed E-state index contributed by atoms with van der Waals surface area (Å²) in [5, 5.41) is 9.21. The van der Waals surface area contributed by atoms with E-state index in [1.807, 2.05) is 0 Å². The topological polar surface area (TPSA) is 46.2 Å². The van der Waals surface area contributed by atoms with Gasteiger partial charge in [-0.2, -0.15) is 13.2 Å². The van der Waals surface area contributed by atoms with E-state index in [1.165, 1.54) is 12.1 Å². The van der Waals surface area contributed by atoms with Crippen LogP contribution in [0, 0.1) is 0 Å². The summed E-state index contributed by atoms with van der Waals surface area (Å²) in [7, 11) is 0. The molecule has 0 fully saturated rings.